The van der Waals surface area contributed by atoms with Gasteiger partial charge >= 0.3 is 0 Å². The van der Waals surface area contributed by atoms with Crippen molar-refractivity contribution >= 4 is 33.8 Å². The Balaban J connectivity index is 1.70. The van der Waals surface area contributed by atoms with Crippen molar-refractivity contribution in [2.75, 3.05) is 0 Å². The van der Waals surface area contributed by atoms with Crippen LogP contribution in [-0.2, 0) is 24.2 Å². The molecule has 0 spiro atoms. The van der Waals surface area contributed by atoms with Crippen molar-refractivity contribution in [1.82, 2.24) is 19.9 Å². The molecule has 0 aliphatic rings. The molecule has 2 heterocycles. The zero-order valence-electron chi connectivity index (χ0n) is 13.0. The minimum absolute atomic E-state index is 0.0709. The normalized spacial score (nSPS) is 11.1. The number of carbonyl (C=O) groups excluding carboxylic acids is 1. The Morgan fingerprint density at radius 3 is 2.91 bits per heavy atom. The summed E-state index contributed by atoms with van der Waals surface area (Å²) in [7, 11) is 0. The van der Waals surface area contributed by atoms with Gasteiger partial charge in [0.05, 0.1) is 24.4 Å². The average molecular weight is 349 g/mol. The molecule has 5 nitrogen and oxygen atoms in total. The Morgan fingerprint density at radius 2 is 2.17 bits per heavy atom. The van der Waals surface area contributed by atoms with Crippen LogP contribution in [0.15, 0.2) is 24.3 Å². The van der Waals surface area contributed by atoms with Gasteiger partial charge in [-0.1, -0.05) is 48.1 Å². The lowest BCUT2D eigenvalue weighted by molar-refractivity contribution is -0.120. The van der Waals surface area contributed by atoms with E-state index in [1.54, 1.807) is 17.4 Å². The van der Waals surface area contributed by atoms with E-state index in [1.165, 1.54) is 0 Å². The third kappa shape index (κ3) is 3.38. The maximum atomic E-state index is 12.2. The summed E-state index contributed by atoms with van der Waals surface area (Å²) in [5.74, 6) is -0.0709. The van der Waals surface area contributed by atoms with Crippen LogP contribution < -0.4 is 5.32 Å². The molecule has 1 amide bonds. The predicted octanol–water partition coefficient (Wildman–Crippen LogP) is 3.17. The highest BCUT2D eigenvalue weighted by molar-refractivity contribution is 7.16. The molecule has 2 aromatic heterocycles. The Labute approximate surface area is 143 Å². The average Bonchev–Trinajstić information content (AvgIpc) is 3.04. The first-order chi connectivity index (χ1) is 11.1. The second kappa shape index (κ2) is 6.68. The summed E-state index contributed by atoms with van der Waals surface area (Å²) in [6.07, 6.45) is 1.14. The van der Waals surface area contributed by atoms with E-state index in [2.05, 4.69) is 22.3 Å². The van der Waals surface area contributed by atoms with Crippen LogP contribution in [0.5, 0.6) is 0 Å². The minimum Gasteiger partial charge on any atom is -0.350 e. The Morgan fingerprint density at radius 1 is 1.39 bits per heavy atom. The molecule has 1 aromatic carbocycles. The van der Waals surface area contributed by atoms with Crippen LogP contribution in [0, 0.1) is 6.92 Å². The van der Waals surface area contributed by atoms with Gasteiger partial charge in [-0.05, 0) is 25.0 Å². The highest BCUT2D eigenvalue weighted by Gasteiger charge is 2.14. The van der Waals surface area contributed by atoms with Crippen LogP contribution in [0.25, 0.3) is 4.96 Å². The molecule has 0 saturated carbocycles. The third-order valence-corrected chi connectivity index (χ3v) is 5.02. The number of carbonyl (C=O) groups is 1. The van der Waals surface area contributed by atoms with Crippen molar-refractivity contribution in [3.8, 4) is 0 Å². The molecule has 0 fully saturated rings. The zero-order chi connectivity index (χ0) is 16.4. The van der Waals surface area contributed by atoms with Crippen LogP contribution in [0.4, 0.5) is 0 Å². The topological polar surface area (TPSA) is 59.3 Å². The third-order valence-electron chi connectivity index (χ3n) is 3.60. The van der Waals surface area contributed by atoms with Crippen LogP contribution >= 0.6 is 22.9 Å². The fourth-order valence-electron chi connectivity index (χ4n) is 2.34. The number of aryl methyl sites for hydroxylation is 2. The van der Waals surface area contributed by atoms with E-state index in [1.807, 2.05) is 29.6 Å². The second-order valence-electron chi connectivity index (χ2n) is 5.23. The fraction of sp³-hybridized carbons (Fsp3) is 0.312. The van der Waals surface area contributed by atoms with Crippen molar-refractivity contribution in [3.05, 3.63) is 51.2 Å². The van der Waals surface area contributed by atoms with Gasteiger partial charge in [0.15, 0.2) is 0 Å². The van der Waals surface area contributed by atoms with Gasteiger partial charge in [0.2, 0.25) is 10.9 Å². The number of hydrogen-bond acceptors (Lipinski definition) is 4. The van der Waals surface area contributed by atoms with Gasteiger partial charge in [-0.3, -0.25) is 4.79 Å². The number of fused-ring (bicyclic) bond motifs is 1. The van der Waals surface area contributed by atoms with E-state index in [-0.39, 0.29) is 12.3 Å². The van der Waals surface area contributed by atoms with Gasteiger partial charge in [0.1, 0.15) is 5.01 Å². The largest absolute Gasteiger partial charge is 0.350 e. The van der Waals surface area contributed by atoms with Crippen molar-refractivity contribution < 1.29 is 4.79 Å². The molecular formula is C16H17ClN4OS. The van der Waals surface area contributed by atoms with Gasteiger partial charge in [-0.15, -0.1) is 0 Å². The highest BCUT2D eigenvalue weighted by atomic mass is 35.5. The summed E-state index contributed by atoms with van der Waals surface area (Å²) < 4.78 is 1.83. The molecule has 120 valence electrons. The summed E-state index contributed by atoms with van der Waals surface area (Å²) in [5, 5.41) is 9.10. The van der Waals surface area contributed by atoms with Crippen molar-refractivity contribution in [2.24, 2.45) is 0 Å². The molecule has 3 aromatic rings. The van der Waals surface area contributed by atoms with E-state index in [4.69, 9.17) is 11.6 Å². The lowest BCUT2D eigenvalue weighted by Crippen LogP contribution is -2.25. The number of hydrogen-bond donors (Lipinski definition) is 1. The minimum atomic E-state index is -0.0709. The molecule has 0 bridgehead atoms. The van der Waals surface area contributed by atoms with Crippen LogP contribution in [0.3, 0.4) is 0 Å². The number of halogens is 1. The summed E-state index contributed by atoms with van der Waals surface area (Å²) in [6, 6.07) is 7.37. The molecule has 0 atom stereocenters. The number of imidazole rings is 1. The SMILES string of the molecule is CCc1nn2c(CNC(=O)Cc3ccccc3Cl)c(C)nc2s1. The lowest BCUT2D eigenvalue weighted by atomic mass is 10.1. The highest BCUT2D eigenvalue weighted by Crippen LogP contribution is 2.19. The maximum Gasteiger partial charge on any atom is 0.224 e. The van der Waals surface area contributed by atoms with Gasteiger partial charge in [-0.25, -0.2) is 9.50 Å². The van der Waals surface area contributed by atoms with E-state index in [0.29, 0.717) is 11.6 Å². The fourth-order valence-corrected chi connectivity index (χ4v) is 3.44. The quantitative estimate of drug-likeness (QED) is 0.770. The van der Waals surface area contributed by atoms with Crippen molar-refractivity contribution in [1.29, 1.82) is 0 Å². The number of benzene rings is 1. The van der Waals surface area contributed by atoms with E-state index in [9.17, 15) is 4.79 Å². The summed E-state index contributed by atoms with van der Waals surface area (Å²) in [4.78, 5) is 17.5. The molecule has 23 heavy (non-hydrogen) atoms. The Hall–Kier alpha value is -1.92. The van der Waals surface area contributed by atoms with Gasteiger partial charge in [0, 0.05) is 5.02 Å². The van der Waals surface area contributed by atoms with Crippen molar-refractivity contribution in [3.63, 3.8) is 0 Å². The van der Waals surface area contributed by atoms with Crippen molar-refractivity contribution in [2.45, 2.75) is 33.2 Å². The smallest absolute Gasteiger partial charge is 0.224 e. The number of rotatable bonds is 5. The monoisotopic (exact) mass is 348 g/mol. The molecule has 0 aliphatic carbocycles. The lowest BCUT2D eigenvalue weighted by Gasteiger charge is -2.06. The summed E-state index contributed by atoms with van der Waals surface area (Å²) in [5.41, 5.74) is 2.64. The zero-order valence-corrected chi connectivity index (χ0v) is 14.5. The van der Waals surface area contributed by atoms with Crippen LogP contribution in [0.2, 0.25) is 5.02 Å². The van der Waals surface area contributed by atoms with Gasteiger partial charge in [-0.2, -0.15) is 5.10 Å². The van der Waals surface area contributed by atoms with Gasteiger partial charge in [0.25, 0.3) is 0 Å². The molecule has 0 unspecified atom stereocenters. The molecule has 3 rings (SSSR count). The first-order valence-corrected chi connectivity index (χ1v) is 8.62. The first-order valence-electron chi connectivity index (χ1n) is 7.42. The second-order valence-corrected chi connectivity index (χ2v) is 6.68. The molecule has 7 heteroatoms. The van der Waals surface area contributed by atoms with Gasteiger partial charge < -0.3 is 5.32 Å². The summed E-state index contributed by atoms with van der Waals surface area (Å²) in [6.45, 7) is 4.40. The predicted molar refractivity (Wildman–Crippen MR) is 92.0 cm³/mol. The molecule has 0 aliphatic heterocycles. The Bertz CT molecular complexity index is 855. The maximum absolute atomic E-state index is 12.2. The number of aromatic nitrogens is 3. The first kappa shape index (κ1) is 16.0. The number of nitrogens with zero attached hydrogens (tertiary/aromatic N) is 3. The number of amides is 1. The number of nitrogens with one attached hydrogen (secondary N) is 1. The van der Waals surface area contributed by atoms with E-state index in [0.717, 1.165) is 33.3 Å². The molecular weight excluding hydrogens is 332 g/mol. The molecule has 1 N–H and O–H groups in total. The standard InChI is InChI=1S/C16H17ClN4OS/c1-3-15-20-21-13(10(2)19-16(21)23-15)9-18-14(22)8-11-6-4-5-7-12(11)17/h4-7H,3,8-9H2,1-2H3,(H,18,22). The summed E-state index contributed by atoms with van der Waals surface area (Å²) >= 11 is 7.67. The molecule has 0 saturated heterocycles. The van der Waals surface area contributed by atoms with Crippen LogP contribution in [-0.4, -0.2) is 20.5 Å². The Kier molecular flexibility index (Phi) is 4.63. The van der Waals surface area contributed by atoms with E-state index < -0.39 is 0 Å². The van der Waals surface area contributed by atoms with Crippen LogP contribution in [0.1, 0.15) is 28.9 Å². The molecule has 0 radical (unpaired) electrons. The van der Waals surface area contributed by atoms with E-state index >= 15 is 0 Å².